The van der Waals surface area contributed by atoms with E-state index in [4.69, 9.17) is 9.47 Å². The minimum atomic E-state index is -4.61. The van der Waals surface area contributed by atoms with Crippen LogP contribution in [-0.2, 0) is 19.6 Å². The van der Waals surface area contributed by atoms with E-state index in [1.165, 1.54) is 6.07 Å². The van der Waals surface area contributed by atoms with Gasteiger partial charge in [0, 0.05) is 0 Å². The molecule has 9 heteroatoms. The molecule has 1 aromatic rings. The van der Waals surface area contributed by atoms with Crippen molar-refractivity contribution in [3.05, 3.63) is 29.3 Å². The van der Waals surface area contributed by atoms with Crippen molar-refractivity contribution in [2.45, 2.75) is 70.5 Å². The van der Waals surface area contributed by atoms with E-state index in [2.05, 4.69) is 0 Å². The Labute approximate surface area is 201 Å². The van der Waals surface area contributed by atoms with Gasteiger partial charge in [-0.3, -0.25) is 4.55 Å². The molecule has 0 aromatic heterocycles. The molecule has 0 bridgehead atoms. The zero-order valence-corrected chi connectivity index (χ0v) is 16.3. The van der Waals surface area contributed by atoms with Crippen LogP contribution < -0.4 is 0 Å². The molecule has 0 saturated carbocycles. The van der Waals surface area contributed by atoms with Gasteiger partial charge >= 0.3 is 60.8 Å². The summed E-state index contributed by atoms with van der Waals surface area (Å²) in [6.07, 6.45) is 2.20. The van der Waals surface area contributed by atoms with E-state index in [1.54, 1.807) is 13.8 Å². The average molecular weight is 526 g/mol. The summed E-state index contributed by atoms with van der Waals surface area (Å²) in [6.45, 7) is 7.31. The van der Waals surface area contributed by atoms with Crippen LogP contribution in [0.5, 0.6) is 0 Å². The number of hydrogen-bond donors (Lipinski definition) is 1. The van der Waals surface area contributed by atoms with Crippen LogP contribution in [0.2, 0.25) is 0 Å². The maximum absolute atomic E-state index is 12.3. The standard InChI is InChI=1S/C18H26O7S.Ba.2H/c1-5-7-12(3)24-17(19)14-9-15(11-16(10-14)26(21,22)23)18(20)25-13(4)8-6-2;;;/h9-13H,5-8H2,1-4H3,(H,21,22,23);;;. The van der Waals surface area contributed by atoms with Gasteiger partial charge in [-0.2, -0.15) is 8.42 Å². The molecule has 0 saturated heterocycles. The Morgan fingerprint density at radius 2 is 1.30 bits per heavy atom. The van der Waals surface area contributed by atoms with Crippen molar-refractivity contribution in [1.82, 2.24) is 0 Å². The molecule has 7 nitrogen and oxygen atoms in total. The molecule has 0 aliphatic heterocycles. The molecule has 0 heterocycles. The summed E-state index contributed by atoms with van der Waals surface area (Å²) < 4.78 is 42.7. The summed E-state index contributed by atoms with van der Waals surface area (Å²) in [7, 11) is -4.61. The molecular formula is C18H28BaO7S. The third-order valence-corrected chi connectivity index (χ3v) is 4.51. The molecule has 0 spiro atoms. The molecule has 1 aromatic carbocycles. The Morgan fingerprint density at radius 1 is 0.926 bits per heavy atom. The molecule has 0 amide bonds. The van der Waals surface area contributed by atoms with Gasteiger partial charge in [0.15, 0.2) is 0 Å². The fraction of sp³-hybridized carbons (Fsp3) is 0.556. The van der Waals surface area contributed by atoms with Crippen LogP contribution in [0.1, 0.15) is 74.1 Å². The zero-order chi connectivity index (χ0) is 19.9. The van der Waals surface area contributed by atoms with Crippen LogP contribution in [0.4, 0.5) is 0 Å². The number of ether oxygens (including phenoxy) is 2. The van der Waals surface area contributed by atoms with Crippen molar-refractivity contribution >= 4 is 70.9 Å². The van der Waals surface area contributed by atoms with Crippen LogP contribution >= 0.6 is 0 Å². The van der Waals surface area contributed by atoms with Crippen LogP contribution in [0.25, 0.3) is 0 Å². The molecule has 27 heavy (non-hydrogen) atoms. The van der Waals surface area contributed by atoms with Gasteiger partial charge in [-0.15, -0.1) is 0 Å². The first kappa shape index (κ1) is 26.6. The Hall–Kier alpha value is -0.359. The number of carbonyl (C=O) groups is 2. The Balaban J connectivity index is 0.00000676. The normalized spacial score (nSPS) is 13.2. The Kier molecular flexibility index (Phi) is 12.1. The van der Waals surface area contributed by atoms with Crippen LogP contribution in [0.3, 0.4) is 0 Å². The fourth-order valence-corrected chi connectivity index (χ4v) is 2.97. The first-order valence-corrected chi connectivity index (χ1v) is 10.1. The SMILES string of the molecule is CCCC(C)OC(=O)c1cc(C(=O)OC(C)CCC)cc(S(=O)(=O)O)c1.[BaH2]. The summed E-state index contributed by atoms with van der Waals surface area (Å²) in [5, 5.41) is 0. The predicted molar refractivity (Wildman–Crippen MR) is 104 cm³/mol. The number of hydrogen-bond acceptors (Lipinski definition) is 6. The fourth-order valence-electron chi connectivity index (χ4n) is 2.42. The molecule has 1 N–H and O–H groups in total. The Bertz CT molecular complexity index is 702. The van der Waals surface area contributed by atoms with Crippen LogP contribution in [0, 0.1) is 0 Å². The zero-order valence-electron chi connectivity index (χ0n) is 15.5. The monoisotopic (exact) mass is 526 g/mol. The molecule has 0 radical (unpaired) electrons. The topological polar surface area (TPSA) is 107 Å². The molecule has 1 rings (SSSR count). The second kappa shape index (κ2) is 12.3. The molecule has 2 atom stereocenters. The van der Waals surface area contributed by atoms with E-state index in [0.717, 1.165) is 25.0 Å². The van der Waals surface area contributed by atoms with E-state index >= 15 is 0 Å². The van der Waals surface area contributed by atoms with E-state index in [1.807, 2.05) is 13.8 Å². The molecular weight excluding hydrogens is 498 g/mol. The van der Waals surface area contributed by atoms with E-state index < -0.39 is 27.0 Å². The minimum absolute atomic E-state index is 0. The quantitative estimate of drug-likeness (QED) is 0.300. The second-order valence-corrected chi connectivity index (χ2v) is 7.65. The van der Waals surface area contributed by atoms with Gasteiger partial charge < -0.3 is 9.47 Å². The van der Waals surface area contributed by atoms with Crippen molar-refractivity contribution < 1.29 is 32.0 Å². The van der Waals surface area contributed by atoms with Crippen molar-refractivity contribution in [2.75, 3.05) is 0 Å². The van der Waals surface area contributed by atoms with Gasteiger partial charge in [0.2, 0.25) is 0 Å². The number of carbonyl (C=O) groups excluding carboxylic acids is 2. The van der Waals surface area contributed by atoms with E-state index in [9.17, 15) is 22.6 Å². The maximum atomic E-state index is 12.3. The van der Waals surface area contributed by atoms with Gasteiger partial charge in [-0.1, -0.05) is 26.7 Å². The van der Waals surface area contributed by atoms with E-state index in [-0.39, 0.29) is 72.2 Å². The summed E-state index contributed by atoms with van der Waals surface area (Å²) in [4.78, 5) is 24.0. The second-order valence-electron chi connectivity index (χ2n) is 6.23. The third-order valence-electron chi connectivity index (χ3n) is 3.68. The molecule has 0 aliphatic carbocycles. The summed E-state index contributed by atoms with van der Waals surface area (Å²) >= 11 is 0. The number of esters is 2. The third kappa shape index (κ3) is 9.12. The van der Waals surface area contributed by atoms with Crippen molar-refractivity contribution in [2.24, 2.45) is 0 Å². The van der Waals surface area contributed by atoms with Gasteiger partial charge in [-0.25, -0.2) is 9.59 Å². The van der Waals surface area contributed by atoms with Gasteiger partial charge in [-0.05, 0) is 44.9 Å². The number of benzene rings is 1. The first-order valence-electron chi connectivity index (χ1n) is 8.63. The predicted octanol–water partition coefficient (Wildman–Crippen LogP) is 2.71. The van der Waals surface area contributed by atoms with E-state index in [0.29, 0.717) is 12.8 Å². The summed E-state index contributed by atoms with van der Waals surface area (Å²) in [5.74, 6) is -1.54. The summed E-state index contributed by atoms with van der Waals surface area (Å²) in [5.41, 5.74) is -0.281. The van der Waals surface area contributed by atoms with Crippen molar-refractivity contribution in [1.29, 1.82) is 0 Å². The Morgan fingerprint density at radius 3 is 1.59 bits per heavy atom. The van der Waals surface area contributed by atoms with Crippen LogP contribution in [-0.4, -0.2) is 86.0 Å². The van der Waals surface area contributed by atoms with Crippen LogP contribution in [0.15, 0.2) is 23.1 Å². The molecule has 2 unspecified atom stereocenters. The molecule has 150 valence electrons. The van der Waals surface area contributed by atoms with Gasteiger partial charge in [0.1, 0.15) is 0 Å². The average Bonchev–Trinajstić information content (AvgIpc) is 2.53. The van der Waals surface area contributed by atoms with Gasteiger partial charge in [0.05, 0.1) is 28.2 Å². The van der Waals surface area contributed by atoms with Gasteiger partial charge in [0.25, 0.3) is 10.1 Å². The molecule has 0 fully saturated rings. The number of rotatable bonds is 9. The molecule has 0 aliphatic rings. The summed E-state index contributed by atoms with van der Waals surface area (Å²) in [6, 6.07) is 3.15. The first-order chi connectivity index (χ1) is 12.1. The van der Waals surface area contributed by atoms with Crippen molar-refractivity contribution in [3.63, 3.8) is 0 Å². The van der Waals surface area contributed by atoms with Crippen molar-refractivity contribution in [3.8, 4) is 0 Å².